The van der Waals surface area contributed by atoms with E-state index in [1.165, 1.54) is 5.57 Å². The lowest BCUT2D eigenvalue weighted by Crippen LogP contribution is -2.60. The second-order valence-electron chi connectivity index (χ2n) is 16.1. The predicted octanol–water partition coefficient (Wildman–Crippen LogP) is 7.77. The highest BCUT2D eigenvalue weighted by molar-refractivity contribution is 6.74. The molecule has 1 saturated carbocycles. The number of rotatable bonds is 12. The van der Waals surface area contributed by atoms with Gasteiger partial charge in [0, 0.05) is 31.1 Å². The maximum atomic E-state index is 14.1. The van der Waals surface area contributed by atoms with Gasteiger partial charge in [-0.05, 0) is 54.8 Å². The van der Waals surface area contributed by atoms with Crippen LogP contribution >= 0.6 is 0 Å². The summed E-state index contributed by atoms with van der Waals surface area (Å²) in [6.45, 7) is 16.6. The molecule has 270 valence electrons. The number of hydrogen-bond donors (Lipinski definition) is 1. The predicted molar refractivity (Wildman–Crippen MR) is 192 cm³/mol. The summed E-state index contributed by atoms with van der Waals surface area (Å²) >= 11 is 0. The summed E-state index contributed by atoms with van der Waals surface area (Å²) in [5, 5.41) is 11.8. The van der Waals surface area contributed by atoms with Crippen LogP contribution in [0.15, 0.2) is 72.3 Å². The fourth-order valence-corrected chi connectivity index (χ4v) is 8.57. The number of aliphatic hydroxyl groups excluding tert-OH is 1. The zero-order chi connectivity index (χ0) is 35.5. The summed E-state index contributed by atoms with van der Waals surface area (Å²) in [4.78, 5) is 14.1. The third-order valence-electron chi connectivity index (χ3n) is 11.7. The van der Waals surface area contributed by atoms with E-state index >= 15 is 0 Å². The monoisotopic (exact) mass is 694 g/mol. The number of ketones is 1. The Kier molecular flexibility index (Phi) is 12.1. The molecular formula is C40H58O8Si. The Morgan fingerprint density at radius 1 is 1.02 bits per heavy atom. The molecule has 2 fully saturated rings. The van der Waals surface area contributed by atoms with Crippen LogP contribution in [0.25, 0.3) is 0 Å². The summed E-state index contributed by atoms with van der Waals surface area (Å²) in [5.74, 6) is -0.808. The first-order chi connectivity index (χ1) is 23.2. The minimum atomic E-state index is -2.07. The highest BCUT2D eigenvalue weighted by atomic mass is 28.4. The Bertz CT molecular complexity index is 1400. The number of carbonyl (C=O) groups excluding carboxylic acids is 1. The third kappa shape index (κ3) is 8.31. The maximum Gasteiger partial charge on any atom is 0.191 e. The van der Waals surface area contributed by atoms with Gasteiger partial charge in [-0.3, -0.25) is 4.79 Å². The molecule has 1 saturated heterocycles. The van der Waals surface area contributed by atoms with Gasteiger partial charge in [-0.2, -0.15) is 0 Å². The van der Waals surface area contributed by atoms with Crippen molar-refractivity contribution in [2.24, 2.45) is 17.3 Å². The molecule has 9 heteroatoms. The number of allylic oxidation sites excluding steroid dienone is 1. The zero-order valence-corrected chi connectivity index (χ0v) is 31.8. The molecule has 0 aromatic heterocycles. The van der Waals surface area contributed by atoms with E-state index in [1.807, 2.05) is 60.7 Å². The van der Waals surface area contributed by atoms with Gasteiger partial charge in [0.2, 0.25) is 0 Å². The van der Waals surface area contributed by atoms with Gasteiger partial charge in [0.15, 0.2) is 20.4 Å². The molecule has 8 nitrogen and oxygen atoms in total. The van der Waals surface area contributed by atoms with E-state index in [0.29, 0.717) is 19.6 Å². The lowest BCUT2D eigenvalue weighted by Gasteiger charge is -2.50. The Balaban J connectivity index is 1.58. The number of fused-ring (bicyclic) bond motifs is 2. The highest BCUT2D eigenvalue weighted by Gasteiger charge is 2.55. The minimum Gasteiger partial charge on any atom is -0.417 e. The number of aliphatic hydroxyl groups is 1. The van der Waals surface area contributed by atoms with Crippen molar-refractivity contribution in [2.75, 3.05) is 27.1 Å². The summed E-state index contributed by atoms with van der Waals surface area (Å²) in [7, 11) is -0.519. The van der Waals surface area contributed by atoms with Gasteiger partial charge in [0.05, 0.1) is 19.3 Å². The third-order valence-corrected chi connectivity index (χ3v) is 16.2. The SMILES string of the molecule is COCO[C@H]1C(=O)[C@H](O)C[C@@H]([C@]2(OCc3ccccc3)CO[C@@H](c3ccccc3)O[C@H]2CCO[Si](C)(C)C(C)(C)C)/C=C2\CC[C@H]1C2(C)C. The first-order valence-electron chi connectivity index (χ1n) is 17.9. The molecule has 2 aromatic carbocycles. The van der Waals surface area contributed by atoms with E-state index in [-0.39, 0.29) is 42.0 Å². The normalized spacial score (nSPS) is 31.8. The molecule has 49 heavy (non-hydrogen) atoms. The Hall–Kier alpha value is -2.21. The highest BCUT2D eigenvalue weighted by Crippen LogP contribution is 2.53. The summed E-state index contributed by atoms with van der Waals surface area (Å²) in [6, 6.07) is 20.0. The van der Waals surface area contributed by atoms with Crippen molar-refractivity contribution < 1.29 is 38.0 Å². The van der Waals surface area contributed by atoms with Gasteiger partial charge >= 0.3 is 0 Å². The van der Waals surface area contributed by atoms with E-state index in [4.69, 9.17) is 28.1 Å². The standard InChI is InChI=1S/C40H58O8Si/c1-38(2,3)49(7,8)47-22-21-34-40(46-25-28-15-11-9-12-16-28,26-44-37(48-34)29-17-13-10-14-18-29)31-23-30-19-20-32(39(30,4)5)36(45-27-43-6)35(42)33(41)24-31/h9-18,23,31-34,36-37,41H,19-22,24-27H2,1-8H3/b30-23+/t31-,32+,33+,34-,36+,37+,40+/m0/s1. The first-order valence-corrected chi connectivity index (χ1v) is 20.8. The molecule has 0 amide bonds. The average Bonchev–Trinajstić information content (AvgIpc) is 3.37. The molecule has 1 heterocycles. The smallest absolute Gasteiger partial charge is 0.191 e. The van der Waals surface area contributed by atoms with Gasteiger partial charge in [-0.15, -0.1) is 0 Å². The molecule has 2 aliphatic carbocycles. The van der Waals surface area contributed by atoms with E-state index in [1.54, 1.807) is 7.11 Å². The first kappa shape index (κ1) is 38.0. The number of Topliss-reactive ketones (excluding diaryl/α,β-unsaturated/α-hetero) is 1. The summed E-state index contributed by atoms with van der Waals surface area (Å²) < 4.78 is 38.7. The van der Waals surface area contributed by atoms with Gasteiger partial charge in [0.1, 0.15) is 24.6 Å². The van der Waals surface area contributed by atoms with Gasteiger partial charge in [0.25, 0.3) is 0 Å². The number of methoxy groups -OCH3 is 1. The van der Waals surface area contributed by atoms with Crippen molar-refractivity contribution >= 4 is 14.1 Å². The van der Waals surface area contributed by atoms with Crippen LogP contribution in [0.2, 0.25) is 18.1 Å². The largest absolute Gasteiger partial charge is 0.417 e. The molecule has 3 aliphatic rings. The van der Waals surface area contributed by atoms with Crippen LogP contribution in [0.3, 0.4) is 0 Å². The molecule has 1 N–H and O–H groups in total. The second-order valence-corrected chi connectivity index (χ2v) is 20.9. The van der Waals surface area contributed by atoms with Crippen LogP contribution in [0.4, 0.5) is 0 Å². The van der Waals surface area contributed by atoms with Crippen LogP contribution in [-0.2, 0) is 39.5 Å². The van der Waals surface area contributed by atoms with Gasteiger partial charge in [-0.1, -0.05) is 107 Å². The molecule has 0 unspecified atom stereocenters. The van der Waals surface area contributed by atoms with E-state index in [0.717, 1.165) is 24.0 Å². The number of carbonyl (C=O) groups is 1. The van der Waals surface area contributed by atoms with Crippen LogP contribution in [0.5, 0.6) is 0 Å². The lowest BCUT2D eigenvalue weighted by molar-refractivity contribution is -0.320. The second kappa shape index (κ2) is 15.6. The Morgan fingerprint density at radius 3 is 2.35 bits per heavy atom. The van der Waals surface area contributed by atoms with Crippen LogP contribution < -0.4 is 0 Å². The number of benzene rings is 2. The Labute approximate surface area is 294 Å². The molecular weight excluding hydrogens is 637 g/mol. The van der Waals surface area contributed by atoms with Crippen molar-refractivity contribution in [2.45, 2.75) is 115 Å². The van der Waals surface area contributed by atoms with Crippen molar-refractivity contribution in [1.29, 1.82) is 0 Å². The molecule has 7 atom stereocenters. The molecule has 0 spiro atoms. The van der Waals surface area contributed by atoms with Crippen LogP contribution in [0, 0.1) is 17.3 Å². The van der Waals surface area contributed by atoms with E-state index in [2.05, 4.69) is 53.8 Å². The van der Waals surface area contributed by atoms with E-state index in [9.17, 15) is 9.90 Å². The molecule has 1 aliphatic heterocycles. The topological polar surface area (TPSA) is 92.7 Å². The molecule has 2 bridgehead atoms. The van der Waals surface area contributed by atoms with E-state index < -0.39 is 44.4 Å². The number of ether oxygens (including phenoxy) is 5. The van der Waals surface area contributed by atoms with Crippen molar-refractivity contribution in [1.82, 2.24) is 0 Å². The quantitative estimate of drug-likeness (QED) is 0.137. The van der Waals surface area contributed by atoms with Crippen molar-refractivity contribution in [3.05, 3.63) is 83.4 Å². The summed E-state index contributed by atoms with van der Waals surface area (Å²) in [6.07, 6.45) is 1.48. The minimum absolute atomic E-state index is 0.0127. The fourth-order valence-electron chi connectivity index (χ4n) is 7.51. The lowest BCUT2D eigenvalue weighted by atomic mass is 9.73. The molecule has 5 rings (SSSR count). The molecule has 2 aromatic rings. The molecule has 0 radical (unpaired) electrons. The van der Waals surface area contributed by atoms with Crippen LogP contribution in [-0.4, -0.2) is 70.2 Å². The zero-order valence-electron chi connectivity index (χ0n) is 30.8. The van der Waals surface area contributed by atoms with Gasteiger partial charge < -0.3 is 33.2 Å². The summed E-state index contributed by atoms with van der Waals surface area (Å²) in [5.41, 5.74) is 1.80. The average molecular weight is 695 g/mol. The fraction of sp³-hybridized carbons (Fsp3) is 0.625. The van der Waals surface area contributed by atoms with Crippen LogP contribution in [0.1, 0.15) is 77.7 Å². The van der Waals surface area contributed by atoms with Crippen molar-refractivity contribution in [3.8, 4) is 0 Å². The maximum absolute atomic E-state index is 14.1. The Morgan fingerprint density at radius 2 is 1.69 bits per heavy atom. The van der Waals surface area contributed by atoms with Gasteiger partial charge in [-0.25, -0.2) is 0 Å². The van der Waals surface area contributed by atoms with Crippen molar-refractivity contribution in [3.63, 3.8) is 0 Å². The number of hydrogen-bond acceptors (Lipinski definition) is 8.